The van der Waals surface area contributed by atoms with Gasteiger partial charge in [-0.05, 0) is 38.5 Å². The maximum absolute atomic E-state index is 9.71. The molecule has 0 saturated carbocycles. The maximum atomic E-state index is 9.71. The smallest absolute Gasteiger partial charge is 0.0670 e. The highest BCUT2D eigenvalue weighted by Crippen LogP contribution is 2.40. The topological polar surface area (TPSA) is 23.5 Å². The molecule has 0 aromatic rings. The molecule has 2 fully saturated rings. The molecule has 3 heteroatoms. The van der Waals surface area contributed by atoms with Crippen molar-refractivity contribution in [2.45, 2.75) is 37.2 Å². The van der Waals surface area contributed by atoms with Gasteiger partial charge in [0, 0.05) is 17.8 Å². The van der Waals surface area contributed by atoms with Crippen LogP contribution >= 0.6 is 11.8 Å². The van der Waals surface area contributed by atoms with Gasteiger partial charge in [0.05, 0.1) is 6.10 Å². The molecule has 0 aromatic carbocycles. The van der Waals surface area contributed by atoms with E-state index in [1.165, 1.54) is 25.1 Å². The van der Waals surface area contributed by atoms with Gasteiger partial charge >= 0.3 is 0 Å². The van der Waals surface area contributed by atoms with Crippen molar-refractivity contribution in [3.63, 3.8) is 0 Å². The van der Waals surface area contributed by atoms with Crippen LogP contribution in [0.15, 0.2) is 0 Å². The zero-order chi connectivity index (χ0) is 9.42. The van der Waals surface area contributed by atoms with Crippen molar-refractivity contribution in [2.75, 3.05) is 19.3 Å². The molecule has 1 N–H and O–H groups in total. The van der Waals surface area contributed by atoms with Gasteiger partial charge in [0.25, 0.3) is 0 Å². The second-order valence-electron chi connectivity index (χ2n) is 4.39. The fraction of sp³-hybridized carbons (Fsp3) is 1.00. The lowest BCUT2D eigenvalue weighted by Gasteiger charge is -2.30. The molecule has 0 radical (unpaired) electrons. The number of likely N-dealkylation sites (N-methyl/N-ethyl adjacent to an activating group) is 1. The summed E-state index contributed by atoms with van der Waals surface area (Å²) in [6.45, 7) is 3.10. The van der Waals surface area contributed by atoms with Gasteiger partial charge in [-0.1, -0.05) is 0 Å². The van der Waals surface area contributed by atoms with Crippen LogP contribution in [0, 0.1) is 5.92 Å². The molecule has 4 unspecified atom stereocenters. The van der Waals surface area contributed by atoms with E-state index in [-0.39, 0.29) is 6.10 Å². The molecule has 2 saturated heterocycles. The van der Waals surface area contributed by atoms with Gasteiger partial charge in [-0.15, -0.1) is 0 Å². The Morgan fingerprint density at radius 1 is 1.54 bits per heavy atom. The second-order valence-corrected chi connectivity index (χ2v) is 5.73. The molecule has 2 aliphatic rings. The van der Waals surface area contributed by atoms with Crippen molar-refractivity contribution in [1.29, 1.82) is 0 Å². The van der Waals surface area contributed by atoms with Crippen molar-refractivity contribution in [3.8, 4) is 0 Å². The summed E-state index contributed by atoms with van der Waals surface area (Å²) in [6, 6.07) is 0.415. The van der Waals surface area contributed by atoms with Gasteiger partial charge in [0.1, 0.15) is 0 Å². The Hall–Kier alpha value is 0.270. The van der Waals surface area contributed by atoms with Gasteiger partial charge in [-0.25, -0.2) is 0 Å². The van der Waals surface area contributed by atoms with Gasteiger partial charge in [0.15, 0.2) is 0 Å². The van der Waals surface area contributed by atoms with E-state index in [4.69, 9.17) is 0 Å². The molecule has 0 spiro atoms. The van der Waals surface area contributed by atoms with Crippen molar-refractivity contribution in [2.24, 2.45) is 5.92 Å². The molecule has 2 rings (SSSR count). The van der Waals surface area contributed by atoms with E-state index in [1.807, 2.05) is 6.92 Å². The number of fused-ring (bicyclic) bond motifs is 1. The summed E-state index contributed by atoms with van der Waals surface area (Å²) in [4.78, 5) is 2.35. The van der Waals surface area contributed by atoms with Crippen LogP contribution in [0.5, 0.6) is 0 Å². The third-order valence-electron chi connectivity index (χ3n) is 3.40. The third-order valence-corrected chi connectivity index (χ3v) is 4.85. The fourth-order valence-electron chi connectivity index (χ4n) is 2.90. The van der Waals surface area contributed by atoms with Crippen molar-refractivity contribution in [3.05, 3.63) is 0 Å². The highest BCUT2D eigenvalue weighted by Gasteiger charge is 2.43. The first-order valence-electron chi connectivity index (χ1n) is 5.20. The van der Waals surface area contributed by atoms with E-state index >= 15 is 0 Å². The van der Waals surface area contributed by atoms with E-state index < -0.39 is 0 Å². The van der Waals surface area contributed by atoms with Gasteiger partial charge < -0.3 is 5.11 Å². The van der Waals surface area contributed by atoms with Gasteiger partial charge in [-0.2, -0.15) is 11.8 Å². The predicted octanol–water partition coefficient (Wildman–Crippen LogP) is 1.19. The maximum Gasteiger partial charge on any atom is 0.0670 e. The zero-order valence-corrected chi connectivity index (χ0v) is 9.26. The molecular formula is C10H19NOS. The lowest BCUT2D eigenvalue weighted by molar-refractivity contribution is 0.0771. The number of hydrogen-bond acceptors (Lipinski definition) is 3. The number of aliphatic hydroxyl groups excluding tert-OH is 1. The summed E-state index contributed by atoms with van der Waals surface area (Å²) in [6.07, 6.45) is 2.49. The molecule has 2 aliphatic heterocycles. The van der Waals surface area contributed by atoms with Crippen LogP contribution in [0.1, 0.15) is 19.8 Å². The first kappa shape index (κ1) is 9.81. The van der Waals surface area contributed by atoms with Crippen LogP contribution in [0.4, 0.5) is 0 Å². The zero-order valence-electron chi connectivity index (χ0n) is 8.44. The van der Waals surface area contributed by atoms with Crippen LogP contribution in [-0.2, 0) is 0 Å². The van der Waals surface area contributed by atoms with E-state index in [2.05, 4.69) is 23.7 Å². The first-order chi connectivity index (χ1) is 6.20. The quantitative estimate of drug-likeness (QED) is 0.689. The van der Waals surface area contributed by atoms with E-state index in [9.17, 15) is 5.11 Å². The molecule has 0 amide bonds. The van der Waals surface area contributed by atoms with Gasteiger partial charge in [0.2, 0.25) is 0 Å². The standard InChI is InChI=1S/C10H19NOS/c1-7(12)10-8-4-3-5-13-9(8)6-11(10)2/h7-10,12H,3-6H2,1-2H3. The fourth-order valence-corrected chi connectivity index (χ4v) is 4.42. The minimum atomic E-state index is -0.168. The molecule has 76 valence electrons. The van der Waals surface area contributed by atoms with Crippen LogP contribution in [0.2, 0.25) is 0 Å². The lowest BCUT2D eigenvalue weighted by Crippen LogP contribution is -2.39. The largest absolute Gasteiger partial charge is 0.392 e. The average Bonchev–Trinajstić information content (AvgIpc) is 2.39. The summed E-state index contributed by atoms with van der Waals surface area (Å²) < 4.78 is 0. The minimum absolute atomic E-state index is 0.168. The summed E-state index contributed by atoms with van der Waals surface area (Å²) in [5, 5.41) is 10.5. The third kappa shape index (κ3) is 1.74. The Balaban J connectivity index is 2.09. The normalized spacial score (nSPS) is 43.2. The molecule has 4 atom stereocenters. The molecule has 13 heavy (non-hydrogen) atoms. The van der Waals surface area contributed by atoms with Crippen molar-refractivity contribution in [1.82, 2.24) is 4.90 Å². The number of thioether (sulfide) groups is 1. The monoisotopic (exact) mass is 201 g/mol. The number of nitrogens with zero attached hydrogens (tertiary/aromatic N) is 1. The number of likely N-dealkylation sites (tertiary alicyclic amines) is 1. The highest BCUT2D eigenvalue weighted by atomic mass is 32.2. The number of rotatable bonds is 1. The van der Waals surface area contributed by atoms with Gasteiger partial charge in [-0.3, -0.25) is 4.90 Å². The minimum Gasteiger partial charge on any atom is -0.392 e. The van der Waals surface area contributed by atoms with Crippen LogP contribution in [0.25, 0.3) is 0 Å². The molecule has 0 aromatic heterocycles. The SMILES string of the molecule is CC(O)C1C2CCCSC2CN1C. The summed E-state index contributed by atoms with van der Waals surface area (Å²) in [5.74, 6) is 2.06. The molecule has 0 bridgehead atoms. The molecule has 2 nitrogen and oxygen atoms in total. The lowest BCUT2D eigenvalue weighted by atomic mass is 9.91. The Bertz CT molecular complexity index is 186. The Morgan fingerprint density at radius 3 is 3.00 bits per heavy atom. The molecule has 2 heterocycles. The Morgan fingerprint density at radius 2 is 2.31 bits per heavy atom. The predicted molar refractivity (Wildman–Crippen MR) is 57.1 cm³/mol. The summed E-state index contributed by atoms with van der Waals surface area (Å²) in [7, 11) is 2.15. The van der Waals surface area contributed by atoms with E-state index in [0.29, 0.717) is 6.04 Å². The van der Waals surface area contributed by atoms with Crippen molar-refractivity contribution >= 4 is 11.8 Å². The number of hydrogen-bond donors (Lipinski definition) is 1. The number of aliphatic hydroxyl groups is 1. The van der Waals surface area contributed by atoms with Crippen LogP contribution in [0.3, 0.4) is 0 Å². The summed E-state index contributed by atoms with van der Waals surface area (Å²) >= 11 is 2.11. The molecule has 0 aliphatic carbocycles. The second kappa shape index (κ2) is 3.79. The van der Waals surface area contributed by atoms with Crippen LogP contribution in [-0.4, -0.2) is 46.7 Å². The highest BCUT2D eigenvalue weighted by molar-refractivity contribution is 8.00. The Kier molecular flexibility index (Phi) is 2.86. The summed E-state index contributed by atoms with van der Waals surface area (Å²) in [5.41, 5.74) is 0. The van der Waals surface area contributed by atoms with E-state index in [1.54, 1.807) is 0 Å². The van der Waals surface area contributed by atoms with Crippen molar-refractivity contribution < 1.29 is 5.11 Å². The average molecular weight is 201 g/mol. The van der Waals surface area contributed by atoms with E-state index in [0.717, 1.165) is 11.2 Å². The Labute approximate surface area is 84.7 Å². The molecular weight excluding hydrogens is 182 g/mol. The first-order valence-corrected chi connectivity index (χ1v) is 6.25. The van der Waals surface area contributed by atoms with Crippen LogP contribution < -0.4 is 0 Å².